The van der Waals surface area contributed by atoms with E-state index in [2.05, 4.69) is 10.4 Å². The van der Waals surface area contributed by atoms with Crippen LogP contribution in [0.2, 0.25) is 0 Å². The average molecular weight is 384 g/mol. The van der Waals surface area contributed by atoms with Crippen molar-refractivity contribution >= 4 is 17.3 Å². The Morgan fingerprint density at radius 2 is 2.11 bits per heavy atom. The van der Waals surface area contributed by atoms with Gasteiger partial charge < -0.3 is 10.1 Å². The first-order valence-electron chi connectivity index (χ1n) is 7.96. The highest BCUT2D eigenvalue weighted by Crippen LogP contribution is 2.42. The Bertz CT molecular complexity index is 890. The number of amides is 1. The molecule has 0 saturated heterocycles. The molecule has 1 fully saturated rings. The quantitative estimate of drug-likeness (QED) is 0.608. The van der Waals surface area contributed by atoms with Gasteiger partial charge in [-0.15, -0.1) is 0 Å². The summed E-state index contributed by atoms with van der Waals surface area (Å²) in [5, 5.41) is 16.8. The van der Waals surface area contributed by atoms with E-state index in [1.165, 1.54) is 19.2 Å². The molecule has 1 heterocycles. The van der Waals surface area contributed by atoms with Crippen LogP contribution in [0.1, 0.15) is 30.1 Å². The lowest BCUT2D eigenvalue weighted by Gasteiger charge is -2.11. The van der Waals surface area contributed by atoms with Crippen molar-refractivity contribution in [2.45, 2.75) is 31.5 Å². The Morgan fingerprint density at radius 3 is 2.67 bits per heavy atom. The first kappa shape index (κ1) is 18.7. The number of ether oxygens (including phenoxy) is 1. The zero-order valence-electron chi connectivity index (χ0n) is 14.1. The van der Waals surface area contributed by atoms with E-state index in [4.69, 9.17) is 4.74 Å². The largest absolute Gasteiger partial charge is 0.494 e. The number of nitrogens with zero attached hydrogens (tertiary/aromatic N) is 3. The number of nitrogens with one attached hydrogen (secondary N) is 1. The van der Waals surface area contributed by atoms with Gasteiger partial charge in [-0.3, -0.25) is 19.6 Å². The zero-order valence-corrected chi connectivity index (χ0v) is 14.1. The third-order valence-electron chi connectivity index (χ3n) is 4.06. The van der Waals surface area contributed by atoms with Crippen molar-refractivity contribution in [3.63, 3.8) is 0 Å². The van der Waals surface area contributed by atoms with Crippen LogP contribution in [-0.4, -0.2) is 27.7 Å². The third-order valence-corrected chi connectivity index (χ3v) is 4.06. The van der Waals surface area contributed by atoms with Crippen LogP contribution in [-0.2, 0) is 17.5 Å². The van der Waals surface area contributed by atoms with Crippen LogP contribution >= 0.6 is 0 Å². The fraction of sp³-hybridized carbons (Fsp3) is 0.375. The molecule has 1 aromatic heterocycles. The lowest BCUT2D eigenvalue weighted by molar-refractivity contribution is -0.384. The maximum Gasteiger partial charge on any atom is 0.435 e. The normalized spacial score (nSPS) is 14.1. The molecule has 11 heteroatoms. The van der Waals surface area contributed by atoms with Gasteiger partial charge in [0.1, 0.15) is 12.3 Å². The van der Waals surface area contributed by atoms with Gasteiger partial charge in [0, 0.05) is 17.7 Å². The molecular formula is C16H15F3N4O4. The lowest BCUT2D eigenvalue weighted by atomic mass is 10.2. The fourth-order valence-electron chi connectivity index (χ4n) is 2.63. The predicted octanol–water partition coefficient (Wildman–Crippen LogP) is 3.33. The number of carbonyl (C=O) groups is 1. The molecule has 0 bridgehead atoms. The number of aromatic nitrogens is 2. The number of methoxy groups -OCH3 is 1. The van der Waals surface area contributed by atoms with Gasteiger partial charge in [0.25, 0.3) is 5.69 Å². The van der Waals surface area contributed by atoms with Crippen molar-refractivity contribution in [1.82, 2.24) is 9.78 Å². The number of benzene rings is 1. The summed E-state index contributed by atoms with van der Waals surface area (Å²) >= 11 is 0. The molecule has 3 rings (SSSR count). The minimum Gasteiger partial charge on any atom is -0.494 e. The van der Waals surface area contributed by atoms with Crippen LogP contribution < -0.4 is 10.1 Å². The molecule has 8 nitrogen and oxygen atoms in total. The molecule has 2 aromatic rings. The fourth-order valence-corrected chi connectivity index (χ4v) is 2.63. The summed E-state index contributed by atoms with van der Waals surface area (Å²) in [6.07, 6.45) is -3.09. The van der Waals surface area contributed by atoms with Crippen LogP contribution in [0.25, 0.3) is 0 Å². The summed E-state index contributed by atoms with van der Waals surface area (Å²) in [6.45, 7) is -0.415. The molecule has 144 valence electrons. The lowest BCUT2D eigenvalue weighted by Crippen LogP contribution is -2.21. The Morgan fingerprint density at radius 1 is 1.41 bits per heavy atom. The van der Waals surface area contributed by atoms with Crippen LogP contribution in [0.15, 0.2) is 24.3 Å². The standard InChI is InChI=1S/C16H15F3N4O4/c1-27-13-6-10(23(25)26)4-5-11(13)20-15(24)8-22-12(9-2-3-9)7-14(21-22)16(17,18)19/h4-7,9H,2-3,8H2,1H3,(H,20,24). The summed E-state index contributed by atoms with van der Waals surface area (Å²) in [7, 11) is 1.28. The van der Waals surface area contributed by atoms with Gasteiger partial charge in [-0.2, -0.15) is 18.3 Å². The third kappa shape index (κ3) is 4.18. The minimum absolute atomic E-state index is 0.0321. The summed E-state index contributed by atoms with van der Waals surface area (Å²) in [5.74, 6) is -0.590. The van der Waals surface area contributed by atoms with Crippen molar-refractivity contribution in [1.29, 1.82) is 0 Å². The second-order valence-corrected chi connectivity index (χ2v) is 6.07. The van der Waals surface area contributed by atoms with Crippen molar-refractivity contribution in [3.05, 3.63) is 45.8 Å². The number of hydrogen-bond acceptors (Lipinski definition) is 5. The monoisotopic (exact) mass is 384 g/mol. The van der Waals surface area contributed by atoms with E-state index in [1.807, 2.05) is 0 Å². The average Bonchev–Trinajstić information content (AvgIpc) is 3.34. The van der Waals surface area contributed by atoms with Gasteiger partial charge >= 0.3 is 6.18 Å². The zero-order chi connectivity index (χ0) is 19.8. The highest BCUT2D eigenvalue weighted by molar-refractivity contribution is 5.92. The van der Waals surface area contributed by atoms with Crippen molar-refractivity contribution < 1.29 is 27.6 Å². The summed E-state index contributed by atoms with van der Waals surface area (Å²) in [5.41, 5.74) is -0.717. The highest BCUT2D eigenvalue weighted by Gasteiger charge is 2.38. The van der Waals surface area contributed by atoms with Gasteiger partial charge in [-0.1, -0.05) is 0 Å². The van der Waals surface area contributed by atoms with E-state index >= 15 is 0 Å². The van der Waals surface area contributed by atoms with E-state index in [1.54, 1.807) is 0 Å². The molecule has 1 amide bonds. The van der Waals surface area contributed by atoms with Gasteiger partial charge in [-0.25, -0.2) is 0 Å². The Hall–Kier alpha value is -3.11. The molecule has 1 aliphatic rings. The van der Waals surface area contributed by atoms with Gasteiger partial charge in [0.15, 0.2) is 5.69 Å². The Kier molecular flexibility index (Phi) is 4.77. The van der Waals surface area contributed by atoms with E-state index < -0.39 is 29.2 Å². The number of halogens is 3. The number of anilines is 1. The Balaban J connectivity index is 1.78. The molecule has 0 unspecified atom stereocenters. The topological polar surface area (TPSA) is 99.3 Å². The second-order valence-electron chi connectivity index (χ2n) is 6.07. The SMILES string of the molecule is COc1cc([N+](=O)[O-])ccc1NC(=O)Cn1nc(C(F)(F)F)cc1C1CC1. The van der Waals surface area contributed by atoms with Crippen LogP contribution in [0.3, 0.4) is 0 Å². The van der Waals surface area contributed by atoms with Gasteiger partial charge in [0.05, 0.1) is 23.8 Å². The van der Waals surface area contributed by atoms with E-state index in [0.29, 0.717) is 5.69 Å². The maximum absolute atomic E-state index is 12.9. The molecule has 1 N–H and O–H groups in total. The number of alkyl halides is 3. The molecule has 0 aliphatic heterocycles. The van der Waals surface area contributed by atoms with E-state index in [-0.39, 0.29) is 23.0 Å². The van der Waals surface area contributed by atoms with Gasteiger partial charge in [0.2, 0.25) is 5.91 Å². The number of nitro benzene ring substituents is 1. The Labute approximate surface area is 151 Å². The van der Waals surface area contributed by atoms with Crippen molar-refractivity contribution in [2.24, 2.45) is 0 Å². The summed E-state index contributed by atoms with van der Waals surface area (Å²) < 4.78 is 44.8. The minimum atomic E-state index is -4.59. The molecule has 1 aliphatic carbocycles. The molecular weight excluding hydrogens is 369 g/mol. The molecule has 0 atom stereocenters. The molecule has 1 saturated carbocycles. The van der Waals surface area contributed by atoms with Crippen molar-refractivity contribution in [3.8, 4) is 5.75 Å². The first-order chi connectivity index (χ1) is 12.7. The number of nitro groups is 1. The van der Waals surface area contributed by atoms with Crippen LogP contribution in [0, 0.1) is 10.1 Å². The number of rotatable bonds is 6. The van der Waals surface area contributed by atoms with Crippen LogP contribution in [0.4, 0.5) is 24.5 Å². The molecule has 0 radical (unpaired) electrons. The van der Waals surface area contributed by atoms with E-state index in [0.717, 1.165) is 29.7 Å². The maximum atomic E-state index is 12.9. The molecule has 27 heavy (non-hydrogen) atoms. The highest BCUT2D eigenvalue weighted by atomic mass is 19.4. The van der Waals surface area contributed by atoms with Crippen LogP contribution in [0.5, 0.6) is 5.75 Å². The summed E-state index contributed by atoms with van der Waals surface area (Å²) in [4.78, 5) is 22.5. The number of hydrogen-bond donors (Lipinski definition) is 1. The van der Waals surface area contributed by atoms with Gasteiger partial charge in [-0.05, 0) is 25.0 Å². The number of carbonyl (C=O) groups excluding carboxylic acids is 1. The smallest absolute Gasteiger partial charge is 0.435 e. The molecule has 1 aromatic carbocycles. The second kappa shape index (κ2) is 6.89. The summed E-state index contributed by atoms with van der Waals surface area (Å²) in [6, 6.07) is 4.59. The molecule has 0 spiro atoms. The van der Waals surface area contributed by atoms with E-state index in [9.17, 15) is 28.1 Å². The predicted molar refractivity (Wildman–Crippen MR) is 87.5 cm³/mol. The number of non-ortho nitro benzene ring substituents is 1. The first-order valence-corrected chi connectivity index (χ1v) is 7.96. The van der Waals surface area contributed by atoms with Crippen molar-refractivity contribution in [2.75, 3.05) is 12.4 Å².